The van der Waals surface area contributed by atoms with Crippen LogP contribution in [0.2, 0.25) is 0 Å². The Morgan fingerprint density at radius 1 is 1.39 bits per heavy atom. The molecule has 1 amide bonds. The largest absolute Gasteiger partial charge is 0.388 e. The highest BCUT2D eigenvalue weighted by Crippen LogP contribution is 2.23. The van der Waals surface area contributed by atoms with Crippen molar-refractivity contribution in [3.8, 4) is 0 Å². The van der Waals surface area contributed by atoms with E-state index in [-0.39, 0.29) is 11.8 Å². The summed E-state index contributed by atoms with van der Waals surface area (Å²) in [5.74, 6) is 0.302. The molecule has 0 aliphatic carbocycles. The number of nitrogens with one attached hydrogen (secondary N) is 1. The first-order valence-corrected chi connectivity index (χ1v) is 6.87. The molecule has 2 aliphatic heterocycles. The van der Waals surface area contributed by atoms with Gasteiger partial charge in [-0.1, -0.05) is 0 Å². The molecular weight excluding hydrogens is 232 g/mol. The van der Waals surface area contributed by atoms with Gasteiger partial charge >= 0.3 is 0 Å². The van der Waals surface area contributed by atoms with Crippen LogP contribution < -0.4 is 5.32 Å². The van der Waals surface area contributed by atoms with Crippen molar-refractivity contribution < 1.29 is 14.6 Å². The van der Waals surface area contributed by atoms with Crippen molar-refractivity contribution in [3.63, 3.8) is 0 Å². The van der Waals surface area contributed by atoms with E-state index in [1.165, 1.54) is 0 Å². The molecule has 2 saturated heterocycles. The molecule has 0 unspecified atom stereocenters. The Morgan fingerprint density at radius 2 is 2.00 bits per heavy atom. The molecule has 2 N–H and O–H groups in total. The second-order valence-corrected chi connectivity index (χ2v) is 5.56. The quantitative estimate of drug-likeness (QED) is 0.745. The van der Waals surface area contributed by atoms with Gasteiger partial charge in [0.25, 0.3) is 0 Å². The standard InChI is InChI=1S/C13H24N2O3/c1-15(10-13(17)4-8-18-9-5-13)12(16)11-2-6-14-7-3-11/h11,14,17H,2-10H2,1H3. The van der Waals surface area contributed by atoms with Crippen LogP contribution in [0.3, 0.4) is 0 Å². The number of carbonyl (C=O) groups is 1. The predicted octanol–water partition coefficient (Wildman–Crippen LogP) is -0.0141. The number of amides is 1. The van der Waals surface area contributed by atoms with Gasteiger partial charge in [-0.3, -0.25) is 4.79 Å². The Hall–Kier alpha value is -0.650. The van der Waals surface area contributed by atoms with E-state index in [9.17, 15) is 9.90 Å². The average molecular weight is 256 g/mol. The number of rotatable bonds is 3. The van der Waals surface area contributed by atoms with Crippen molar-refractivity contribution in [1.82, 2.24) is 10.2 Å². The fourth-order valence-corrected chi connectivity index (χ4v) is 2.81. The molecule has 2 fully saturated rings. The van der Waals surface area contributed by atoms with Crippen molar-refractivity contribution in [2.75, 3.05) is 39.9 Å². The molecule has 5 nitrogen and oxygen atoms in total. The maximum Gasteiger partial charge on any atom is 0.225 e. The topological polar surface area (TPSA) is 61.8 Å². The van der Waals surface area contributed by atoms with E-state index in [0.717, 1.165) is 25.9 Å². The van der Waals surface area contributed by atoms with Crippen LogP contribution in [-0.4, -0.2) is 61.4 Å². The zero-order valence-corrected chi connectivity index (χ0v) is 11.2. The van der Waals surface area contributed by atoms with E-state index in [1.807, 2.05) is 0 Å². The van der Waals surface area contributed by atoms with Crippen LogP contribution in [0.15, 0.2) is 0 Å². The molecule has 0 radical (unpaired) electrons. The first kappa shape index (κ1) is 13.8. The van der Waals surface area contributed by atoms with Crippen LogP contribution in [0.5, 0.6) is 0 Å². The monoisotopic (exact) mass is 256 g/mol. The minimum absolute atomic E-state index is 0.125. The summed E-state index contributed by atoms with van der Waals surface area (Å²) in [6.07, 6.45) is 3.06. The van der Waals surface area contributed by atoms with Crippen LogP contribution in [0.25, 0.3) is 0 Å². The number of carbonyl (C=O) groups excluding carboxylic acids is 1. The molecule has 0 bridgehead atoms. The van der Waals surface area contributed by atoms with Gasteiger partial charge in [0.1, 0.15) is 0 Å². The lowest BCUT2D eigenvalue weighted by Gasteiger charge is -2.37. The number of nitrogens with zero attached hydrogens (tertiary/aromatic N) is 1. The number of aliphatic hydroxyl groups is 1. The van der Waals surface area contributed by atoms with Crippen LogP contribution in [0, 0.1) is 5.92 Å². The Balaban J connectivity index is 1.85. The highest BCUT2D eigenvalue weighted by Gasteiger charge is 2.34. The summed E-state index contributed by atoms with van der Waals surface area (Å²) in [5, 5.41) is 13.7. The molecule has 18 heavy (non-hydrogen) atoms. The third kappa shape index (κ3) is 3.43. The van der Waals surface area contributed by atoms with Gasteiger partial charge in [-0.2, -0.15) is 0 Å². The summed E-state index contributed by atoms with van der Waals surface area (Å²) in [4.78, 5) is 14.0. The van der Waals surface area contributed by atoms with Crippen LogP contribution >= 0.6 is 0 Å². The molecular formula is C13H24N2O3. The second kappa shape index (κ2) is 5.99. The summed E-state index contributed by atoms with van der Waals surface area (Å²) in [6.45, 7) is 3.45. The average Bonchev–Trinajstić information content (AvgIpc) is 2.39. The zero-order chi connectivity index (χ0) is 13.0. The molecule has 2 rings (SSSR count). The van der Waals surface area contributed by atoms with Gasteiger partial charge < -0.3 is 20.1 Å². The maximum atomic E-state index is 12.3. The van der Waals surface area contributed by atoms with Gasteiger partial charge in [-0.05, 0) is 25.9 Å². The molecule has 0 aromatic rings. The smallest absolute Gasteiger partial charge is 0.225 e. The molecule has 0 aromatic heterocycles. The highest BCUT2D eigenvalue weighted by atomic mass is 16.5. The number of ether oxygens (including phenoxy) is 1. The normalized spacial score (nSPS) is 24.8. The predicted molar refractivity (Wildman–Crippen MR) is 68.2 cm³/mol. The Labute approximate surface area is 108 Å². The van der Waals surface area contributed by atoms with Crippen LogP contribution in [0.1, 0.15) is 25.7 Å². The fourth-order valence-electron chi connectivity index (χ4n) is 2.81. The SMILES string of the molecule is CN(CC1(O)CCOCC1)C(=O)C1CCNCC1. The van der Waals surface area contributed by atoms with Crippen LogP contribution in [-0.2, 0) is 9.53 Å². The van der Waals surface area contributed by atoms with E-state index >= 15 is 0 Å². The van der Waals surface area contributed by atoms with Gasteiger partial charge in [-0.15, -0.1) is 0 Å². The van der Waals surface area contributed by atoms with Gasteiger partial charge in [-0.25, -0.2) is 0 Å². The van der Waals surface area contributed by atoms with Crippen molar-refractivity contribution in [3.05, 3.63) is 0 Å². The Morgan fingerprint density at radius 3 is 2.61 bits per heavy atom. The first-order valence-electron chi connectivity index (χ1n) is 6.87. The molecule has 5 heteroatoms. The minimum atomic E-state index is -0.754. The van der Waals surface area contributed by atoms with E-state index < -0.39 is 5.60 Å². The number of piperidine rings is 1. The van der Waals surface area contributed by atoms with Gasteiger partial charge in [0, 0.05) is 45.6 Å². The number of hydrogen-bond donors (Lipinski definition) is 2. The molecule has 2 aliphatic rings. The fraction of sp³-hybridized carbons (Fsp3) is 0.923. The first-order chi connectivity index (χ1) is 8.61. The molecule has 104 valence electrons. The molecule has 0 aromatic carbocycles. The number of hydrogen-bond acceptors (Lipinski definition) is 4. The van der Waals surface area contributed by atoms with E-state index in [2.05, 4.69) is 5.32 Å². The van der Waals surface area contributed by atoms with Crippen molar-refractivity contribution in [1.29, 1.82) is 0 Å². The Kier molecular flexibility index (Phi) is 4.59. The summed E-state index contributed by atoms with van der Waals surface area (Å²) in [6, 6.07) is 0. The van der Waals surface area contributed by atoms with Crippen LogP contribution in [0.4, 0.5) is 0 Å². The van der Waals surface area contributed by atoms with Crippen molar-refractivity contribution in [2.45, 2.75) is 31.3 Å². The zero-order valence-electron chi connectivity index (χ0n) is 11.2. The van der Waals surface area contributed by atoms with E-state index in [4.69, 9.17) is 4.74 Å². The molecule has 2 heterocycles. The number of likely N-dealkylation sites (N-methyl/N-ethyl adjacent to an activating group) is 1. The molecule has 0 spiro atoms. The van der Waals surface area contributed by atoms with Gasteiger partial charge in [0.15, 0.2) is 0 Å². The second-order valence-electron chi connectivity index (χ2n) is 5.56. The highest BCUT2D eigenvalue weighted by molar-refractivity contribution is 5.78. The summed E-state index contributed by atoms with van der Waals surface area (Å²) < 4.78 is 5.25. The van der Waals surface area contributed by atoms with Gasteiger partial charge in [0.2, 0.25) is 5.91 Å². The van der Waals surface area contributed by atoms with E-state index in [1.54, 1.807) is 11.9 Å². The lowest BCUT2D eigenvalue weighted by atomic mass is 9.92. The minimum Gasteiger partial charge on any atom is -0.388 e. The lowest BCUT2D eigenvalue weighted by Crippen LogP contribution is -2.49. The third-order valence-corrected chi connectivity index (χ3v) is 4.02. The van der Waals surface area contributed by atoms with E-state index in [0.29, 0.717) is 32.6 Å². The molecule has 0 atom stereocenters. The Bertz CT molecular complexity index is 284. The summed E-state index contributed by atoms with van der Waals surface area (Å²) in [7, 11) is 1.80. The van der Waals surface area contributed by atoms with Crippen molar-refractivity contribution in [2.24, 2.45) is 5.92 Å². The lowest BCUT2D eigenvalue weighted by molar-refractivity contribution is -0.141. The maximum absolute atomic E-state index is 12.3. The summed E-state index contributed by atoms with van der Waals surface area (Å²) >= 11 is 0. The summed E-state index contributed by atoms with van der Waals surface area (Å²) in [5.41, 5.74) is -0.754. The van der Waals surface area contributed by atoms with Gasteiger partial charge in [0.05, 0.1) is 5.60 Å². The molecule has 0 saturated carbocycles. The van der Waals surface area contributed by atoms with Crippen molar-refractivity contribution >= 4 is 5.91 Å². The third-order valence-electron chi connectivity index (χ3n) is 4.02.